The fraction of sp³-hybridized carbons (Fsp3) is 0. The summed E-state index contributed by atoms with van der Waals surface area (Å²) < 4.78 is 0. The molecule has 36 valence electrons. The van der Waals surface area contributed by atoms with Crippen molar-refractivity contribution in [2.75, 3.05) is 0 Å². The average Bonchev–Trinajstić information content (AvgIpc) is 2.14. The molecule has 0 saturated heterocycles. The molecule has 0 atom stereocenters. The Labute approximate surface area is 43.4 Å². The topological polar surface area (TPSA) is 29.9 Å². The van der Waals surface area contributed by atoms with E-state index in [1.165, 1.54) is 0 Å². The lowest BCUT2D eigenvalue weighted by molar-refractivity contribution is -0.375. The molecule has 1 aromatic rings. The first kappa shape index (κ1) is 4.54. The van der Waals surface area contributed by atoms with Gasteiger partial charge in [-0.3, -0.25) is 0 Å². The van der Waals surface area contributed by atoms with Gasteiger partial charge in [0.15, 0.2) is 5.44 Å². The van der Waals surface area contributed by atoms with Gasteiger partial charge in [-0.1, -0.05) is 6.30 Å². The molecule has 0 aliphatic rings. The van der Waals surface area contributed by atoms with Gasteiger partial charge in [-0.25, -0.2) is 9.97 Å². The quantitative estimate of drug-likeness (QED) is 0.490. The normalized spacial score (nSPS) is 9.71. The van der Waals surface area contributed by atoms with Crippen LogP contribution in [0.2, 0.25) is 0 Å². The Morgan fingerprint density at radius 2 is 2.71 bits per heavy atom. The lowest BCUT2D eigenvalue weighted by Crippen LogP contribution is -1.93. The summed E-state index contributed by atoms with van der Waals surface area (Å²) in [4.78, 5) is 5.83. The van der Waals surface area contributed by atoms with Gasteiger partial charge < -0.3 is 0 Å². The van der Waals surface area contributed by atoms with Crippen LogP contribution in [0, 0.1) is 0 Å². The summed E-state index contributed by atoms with van der Waals surface area (Å²) in [5.41, 5.74) is 1.11. The van der Waals surface area contributed by atoms with E-state index in [1.54, 1.807) is 6.33 Å². The summed E-state index contributed by atoms with van der Waals surface area (Å²) in [7, 11) is 1.03. The van der Waals surface area contributed by atoms with Crippen molar-refractivity contribution >= 4 is 19.9 Å². The number of H-pyrrole nitrogens is 2. The summed E-state index contributed by atoms with van der Waals surface area (Å²) in [6.07, 6.45) is 7.30. The van der Waals surface area contributed by atoms with Gasteiger partial charge in [0.1, 0.15) is 6.20 Å². The smallest absolute Gasteiger partial charge is 0.240 e. The molecule has 1 rings (SSSR count). The molecule has 0 saturated carbocycles. The monoisotopic (exact) mass is 113 g/mol. The van der Waals surface area contributed by atoms with Crippen molar-refractivity contribution in [1.82, 2.24) is 4.98 Å². The van der Waals surface area contributed by atoms with Crippen LogP contribution in [0.25, 0.3) is 0 Å². The highest BCUT2D eigenvalue weighted by atomic mass is 31.1. The van der Waals surface area contributed by atoms with Gasteiger partial charge in [-0.15, -0.1) is 0 Å². The van der Waals surface area contributed by atoms with Gasteiger partial charge >= 0.3 is 0 Å². The number of rotatable bonds is 1. The van der Waals surface area contributed by atoms with Gasteiger partial charge in [-0.05, 0) is 8.20 Å². The highest BCUT2D eigenvalue weighted by Gasteiger charge is 1.87. The van der Waals surface area contributed by atoms with Crippen molar-refractivity contribution in [3.05, 3.63) is 12.5 Å². The summed E-state index contributed by atoms with van der Waals surface area (Å²) in [6, 6.07) is 0. The van der Waals surface area contributed by atoms with E-state index in [1.807, 2.05) is 6.20 Å². The highest BCUT2D eigenvalue weighted by molar-refractivity contribution is 7.45. The van der Waals surface area contributed by atoms with Crippen LogP contribution in [-0.4, -0.2) is 11.3 Å². The van der Waals surface area contributed by atoms with Gasteiger partial charge in [0.2, 0.25) is 6.33 Å². The number of imidazole rings is 1. The minimum atomic E-state index is 1.03. The van der Waals surface area contributed by atoms with Crippen molar-refractivity contribution < 1.29 is 4.98 Å². The van der Waals surface area contributed by atoms with E-state index in [0.717, 1.165) is 13.6 Å². The third kappa shape index (κ3) is 0.875. The van der Waals surface area contributed by atoms with E-state index in [-0.39, 0.29) is 0 Å². The molecule has 7 heavy (non-hydrogen) atoms. The van der Waals surface area contributed by atoms with Crippen molar-refractivity contribution in [3.8, 4) is 0 Å². The van der Waals surface area contributed by atoms with Crippen molar-refractivity contribution in [3.63, 3.8) is 0 Å². The van der Waals surface area contributed by atoms with E-state index in [4.69, 9.17) is 0 Å². The molecule has 1 aromatic heterocycles. The van der Waals surface area contributed by atoms with Gasteiger partial charge in [0.05, 0.1) is 0 Å². The molecule has 0 spiro atoms. The fourth-order valence-corrected chi connectivity index (χ4v) is 0.691. The van der Waals surface area contributed by atoms with E-state index in [2.05, 4.69) is 16.3 Å². The Hall–Kier alpha value is -0.620. The van der Waals surface area contributed by atoms with Crippen LogP contribution in [0.4, 0.5) is 0 Å². The predicted octanol–water partition coefficient (Wildman–Crippen LogP) is -0.168. The minimum absolute atomic E-state index is 1.03. The first-order valence-corrected chi connectivity index (χ1v) is 3.02. The van der Waals surface area contributed by atoms with Gasteiger partial charge in [0, 0.05) is 0 Å². The third-order valence-electron chi connectivity index (χ3n) is 0.694. The van der Waals surface area contributed by atoms with Crippen LogP contribution in [0.1, 0.15) is 0 Å². The average molecular weight is 113 g/mol. The summed E-state index contributed by atoms with van der Waals surface area (Å²) >= 11 is 0. The largest absolute Gasteiger partial charge is 0.249 e. The van der Waals surface area contributed by atoms with Gasteiger partial charge in [0.25, 0.3) is 0 Å². The zero-order chi connectivity index (χ0) is 5.11. The third-order valence-corrected chi connectivity index (χ3v) is 1.29. The molecular weight excluding hydrogens is 107 g/mol. The van der Waals surface area contributed by atoms with Crippen LogP contribution >= 0.6 is 8.20 Å². The van der Waals surface area contributed by atoms with Crippen LogP contribution in [0.3, 0.4) is 0 Å². The van der Waals surface area contributed by atoms with Crippen LogP contribution < -0.4 is 10.4 Å². The number of aromatic amines is 2. The second-order valence-electron chi connectivity index (χ2n) is 1.14. The predicted molar refractivity (Wildman–Crippen MR) is 31.0 cm³/mol. The molecule has 0 radical (unpaired) electrons. The Morgan fingerprint density at radius 3 is 3.00 bits per heavy atom. The zero-order valence-corrected chi connectivity index (χ0v) is 4.70. The first-order valence-electron chi connectivity index (χ1n) is 1.94. The van der Waals surface area contributed by atoms with Crippen molar-refractivity contribution in [2.24, 2.45) is 0 Å². The standard InChI is InChI=1S/C4H5N2P/c1-7-4-2-5-3-6-4/h2-3H,1H2,(H,5,6)/p+1. The van der Waals surface area contributed by atoms with E-state index < -0.39 is 0 Å². The first-order chi connectivity index (χ1) is 3.43. The number of nitrogens with one attached hydrogen (secondary N) is 2. The molecule has 0 aromatic carbocycles. The summed E-state index contributed by atoms with van der Waals surface area (Å²) in [6.45, 7) is 0. The molecule has 2 nitrogen and oxygen atoms in total. The van der Waals surface area contributed by atoms with E-state index >= 15 is 0 Å². The summed E-state index contributed by atoms with van der Waals surface area (Å²) in [5.74, 6) is 0. The van der Waals surface area contributed by atoms with Crippen LogP contribution in [0.5, 0.6) is 0 Å². The minimum Gasteiger partial charge on any atom is -0.249 e. The number of aromatic nitrogens is 2. The van der Waals surface area contributed by atoms with Crippen molar-refractivity contribution in [1.29, 1.82) is 0 Å². The molecule has 2 N–H and O–H groups in total. The lowest BCUT2D eigenvalue weighted by Gasteiger charge is -1.63. The molecule has 0 aliphatic heterocycles. The maximum absolute atomic E-state index is 3.65. The molecular formula is C4H6N2P+. The number of hydrogen-bond donors (Lipinski definition) is 1. The van der Waals surface area contributed by atoms with Crippen LogP contribution in [-0.2, 0) is 0 Å². The molecule has 0 fully saturated rings. The van der Waals surface area contributed by atoms with Crippen molar-refractivity contribution in [2.45, 2.75) is 0 Å². The van der Waals surface area contributed by atoms with Gasteiger partial charge in [-0.2, -0.15) is 0 Å². The molecule has 0 amide bonds. The van der Waals surface area contributed by atoms with Crippen LogP contribution in [0.15, 0.2) is 12.5 Å². The Bertz CT molecular complexity index is 145. The zero-order valence-electron chi connectivity index (χ0n) is 3.81. The lowest BCUT2D eigenvalue weighted by atomic mass is 11.0. The SMILES string of the molecule is C=Pc1c[nH+]c[nH]1. The second-order valence-corrected chi connectivity index (χ2v) is 1.94. The highest BCUT2D eigenvalue weighted by Crippen LogP contribution is 1.82. The molecule has 1 heterocycles. The Morgan fingerprint density at radius 1 is 1.86 bits per heavy atom. The van der Waals surface area contributed by atoms with E-state index in [0.29, 0.717) is 0 Å². The Balaban J connectivity index is 2.96. The molecule has 3 heteroatoms. The summed E-state index contributed by atoms with van der Waals surface area (Å²) in [5, 5.41) is 0. The Kier molecular flexibility index (Phi) is 1.23. The maximum atomic E-state index is 3.65. The second kappa shape index (κ2) is 1.90. The molecule has 0 aliphatic carbocycles. The molecule has 0 bridgehead atoms. The molecule has 0 unspecified atom stereocenters. The maximum Gasteiger partial charge on any atom is 0.240 e. The fourth-order valence-electron chi connectivity index (χ4n) is 0.369. The number of hydrogen-bond acceptors (Lipinski definition) is 0. The van der Waals surface area contributed by atoms with E-state index in [9.17, 15) is 0 Å².